The third-order valence-corrected chi connectivity index (χ3v) is 8.11. The number of carbonyl (C=O) groups excluding carboxylic acids is 3. The van der Waals surface area contributed by atoms with Crippen LogP contribution >= 0.6 is 35.1 Å². The second-order valence-corrected chi connectivity index (χ2v) is 11.5. The lowest BCUT2D eigenvalue weighted by Gasteiger charge is -2.08. The van der Waals surface area contributed by atoms with Gasteiger partial charge < -0.3 is 4.84 Å². The second-order valence-electron chi connectivity index (χ2n) is 8.80. The van der Waals surface area contributed by atoms with E-state index in [-0.39, 0.29) is 17.3 Å². The Bertz CT molecular complexity index is 1530. The number of aryl methyl sites for hydroxylation is 1. The zero-order chi connectivity index (χ0) is 28.5. The molecule has 0 unspecified atom stereocenters. The van der Waals surface area contributed by atoms with Crippen molar-refractivity contribution in [3.05, 3.63) is 124 Å². The number of benzene rings is 4. The highest BCUT2D eigenvalue weighted by molar-refractivity contribution is 7.99. The Morgan fingerprint density at radius 2 is 1.35 bits per heavy atom. The van der Waals surface area contributed by atoms with E-state index in [1.165, 1.54) is 18.7 Å². The molecular weight excluding hydrogens is 562 g/mol. The first-order valence-electron chi connectivity index (χ1n) is 12.5. The van der Waals surface area contributed by atoms with Crippen molar-refractivity contribution >= 4 is 58.4 Å². The summed E-state index contributed by atoms with van der Waals surface area (Å²) < 4.78 is 0. The molecule has 0 aliphatic heterocycles. The topological polar surface area (TPSA) is 72.8 Å². The van der Waals surface area contributed by atoms with Crippen LogP contribution in [-0.4, -0.2) is 29.0 Å². The number of ketones is 2. The second kappa shape index (κ2) is 14.1. The summed E-state index contributed by atoms with van der Waals surface area (Å²) in [5.74, 6) is -0.318. The molecule has 0 radical (unpaired) electrons. The Balaban J connectivity index is 1.39. The van der Waals surface area contributed by atoms with Crippen LogP contribution in [0.4, 0.5) is 0 Å². The maximum atomic E-state index is 13.2. The maximum Gasteiger partial charge on any atom is 0.331 e. The van der Waals surface area contributed by atoms with E-state index in [4.69, 9.17) is 16.4 Å². The molecule has 4 aromatic carbocycles. The van der Waals surface area contributed by atoms with Gasteiger partial charge in [-0.15, -0.1) is 11.8 Å². The fourth-order valence-electron chi connectivity index (χ4n) is 3.75. The van der Waals surface area contributed by atoms with Crippen LogP contribution in [0.15, 0.2) is 117 Å². The van der Waals surface area contributed by atoms with E-state index < -0.39 is 5.97 Å². The molecule has 0 atom stereocenters. The molecule has 0 heterocycles. The highest BCUT2D eigenvalue weighted by Crippen LogP contribution is 2.29. The molecule has 0 aliphatic carbocycles. The SMILES string of the molecule is CC(=O)O/N=C(\CCSc1ccc(Cl)cc1)C(=O)c1ccc(Sc2ccc(C(=O)c3ccccc3C)cc2)cc1. The van der Waals surface area contributed by atoms with E-state index in [0.29, 0.717) is 33.9 Å². The summed E-state index contributed by atoms with van der Waals surface area (Å²) in [5, 5.41) is 4.49. The van der Waals surface area contributed by atoms with Crippen LogP contribution in [0.2, 0.25) is 5.02 Å². The van der Waals surface area contributed by atoms with Crippen molar-refractivity contribution in [1.29, 1.82) is 0 Å². The number of oxime groups is 1. The first kappa shape index (κ1) is 29.3. The highest BCUT2D eigenvalue weighted by Gasteiger charge is 2.16. The van der Waals surface area contributed by atoms with Crippen LogP contribution < -0.4 is 0 Å². The molecule has 0 N–H and O–H groups in total. The maximum absolute atomic E-state index is 13.2. The number of halogens is 1. The van der Waals surface area contributed by atoms with Gasteiger partial charge in [0.25, 0.3) is 0 Å². The summed E-state index contributed by atoms with van der Waals surface area (Å²) in [5.41, 5.74) is 2.90. The predicted octanol–water partition coefficient (Wildman–Crippen LogP) is 8.31. The molecule has 5 nitrogen and oxygen atoms in total. The lowest BCUT2D eigenvalue weighted by Crippen LogP contribution is -2.16. The van der Waals surface area contributed by atoms with Gasteiger partial charge in [-0.3, -0.25) is 9.59 Å². The minimum atomic E-state index is -0.589. The van der Waals surface area contributed by atoms with E-state index in [1.807, 2.05) is 91.9 Å². The summed E-state index contributed by atoms with van der Waals surface area (Å²) in [6.07, 6.45) is 0.323. The largest absolute Gasteiger partial charge is 0.331 e. The molecule has 4 aromatic rings. The number of Topliss-reactive ketones (excluding diaryl/α,β-unsaturated/α-hetero) is 1. The van der Waals surface area contributed by atoms with Gasteiger partial charge in [0.2, 0.25) is 5.78 Å². The van der Waals surface area contributed by atoms with Gasteiger partial charge in [-0.05, 0) is 85.3 Å². The quantitative estimate of drug-likeness (QED) is 0.0577. The Morgan fingerprint density at radius 3 is 1.95 bits per heavy atom. The van der Waals surface area contributed by atoms with Gasteiger partial charge in [-0.25, -0.2) is 4.79 Å². The molecule has 0 saturated carbocycles. The van der Waals surface area contributed by atoms with Gasteiger partial charge in [0.15, 0.2) is 5.78 Å². The summed E-state index contributed by atoms with van der Waals surface area (Å²) >= 11 is 9.02. The number of carbonyl (C=O) groups is 3. The van der Waals surface area contributed by atoms with Crippen LogP contribution in [0.5, 0.6) is 0 Å². The zero-order valence-electron chi connectivity index (χ0n) is 21.9. The van der Waals surface area contributed by atoms with Crippen LogP contribution in [-0.2, 0) is 9.63 Å². The van der Waals surface area contributed by atoms with E-state index in [9.17, 15) is 14.4 Å². The monoisotopic (exact) mass is 587 g/mol. The standard InChI is InChI=1S/C32H26ClNO4S2/c1-21-5-3-4-6-29(21)31(36)23-7-13-27(14-8-23)40-28-15-9-24(10-16-28)32(37)30(34-38-22(2)35)19-20-39-26-17-11-25(33)12-18-26/h3-18H,19-20H2,1-2H3/b34-30+. The molecule has 0 saturated heterocycles. The Morgan fingerprint density at radius 1 is 0.775 bits per heavy atom. The minimum Gasteiger partial charge on any atom is -0.318 e. The van der Waals surface area contributed by atoms with Gasteiger partial charge >= 0.3 is 5.97 Å². The van der Waals surface area contributed by atoms with Gasteiger partial charge in [0, 0.05) is 55.5 Å². The summed E-state index contributed by atoms with van der Waals surface area (Å²) in [4.78, 5) is 45.1. The number of rotatable bonds is 11. The van der Waals surface area contributed by atoms with Crippen LogP contribution in [0.1, 0.15) is 45.2 Å². The average Bonchev–Trinajstić information content (AvgIpc) is 2.96. The van der Waals surface area contributed by atoms with Gasteiger partial charge in [0.05, 0.1) is 0 Å². The van der Waals surface area contributed by atoms with Crippen molar-refractivity contribution in [2.45, 2.75) is 35.0 Å². The van der Waals surface area contributed by atoms with Crippen molar-refractivity contribution in [2.24, 2.45) is 5.16 Å². The summed E-state index contributed by atoms with van der Waals surface area (Å²) in [6, 6.07) is 29.6. The summed E-state index contributed by atoms with van der Waals surface area (Å²) in [7, 11) is 0. The van der Waals surface area contributed by atoms with Crippen molar-refractivity contribution in [3.63, 3.8) is 0 Å². The van der Waals surface area contributed by atoms with E-state index in [2.05, 4.69) is 5.16 Å². The minimum absolute atomic E-state index is 0.00435. The van der Waals surface area contributed by atoms with Crippen LogP contribution in [0, 0.1) is 6.92 Å². The highest BCUT2D eigenvalue weighted by atomic mass is 35.5. The Labute approximate surface area is 247 Å². The Hall–Kier alpha value is -3.65. The fraction of sp³-hybridized carbons (Fsp3) is 0.125. The smallest absolute Gasteiger partial charge is 0.318 e. The number of hydrogen-bond acceptors (Lipinski definition) is 7. The lowest BCUT2D eigenvalue weighted by atomic mass is 9.99. The summed E-state index contributed by atoms with van der Waals surface area (Å²) in [6.45, 7) is 3.17. The number of thioether (sulfide) groups is 1. The zero-order valence-corrected chi connectivity index (χ0v) is 24.3. The Kier molecular flexibility index (Phi) is 10.4. The van der Waals surface area contributed by atoms with E-state index in [1.54, 1.807) is 23.9 Å². The molecule has 0 spiro atoms. The predicted molar refractivity (Wildman–Crippen MR) is 162 cm³/mol. The van der Waals surface area contributed by atoms with Crippen molar-refractivity contribution in [1.82, 2.24) is 0 Å². The lowest BCUT2D eigenvalue weighted by molar-refractivity contribution is -0.140. The van der Waals surface area contributed by atoms with Gasteiger partial charge in [-0.1, -0.05) is 52.8 Å². The number of nitrogens with zero attached hydrogens (tertiary/aromatic N) is 1. The molecule has 4 rings (SSSR count). The normalized spacial score (nSPS) is 11.2. The van der Waals surface area contributed by atoms with Crippen molar-refractivity contribution in [3.8, 4) is 0 Å². The molecule has 0 fully saturated rings. The molecule has 0 bridgehead atoms. The molecule has 40 heavy (non-hydrogen) atoms. The van der Waals surface area contributed by atoms with Crippen LogP contribution in [0.3, 0.4) is 0 Å². The van der Waals surface area contributed by atoms with E-state index in [0.717, 1.165) is 20.2 Å². The average molecular weight is 588 g/mol. The molecule has 0 aliphatic rings. The first-order chi connectivity index (χ1) is 19.3. The van der Waals surface area contributed by atoms with Crippen molar-refractivity contribution in [2.75, 3.05) is 5.75 Å². The number of hydrogen-bond donors (Lipinski definition) is 0. The third kappa shape index (κ3) is 8.18. The molecule has 8 heteroatoms. The first-order valence-corrected chi connectivity index (χ1v) is 14.6. The van der Waals surface area contributed by atoms with Gasteiger partial charge in [-0.2, -0.15) is 0 Å². The van der Waals surface area contributed by atoms with Crippen LogP contribution in [0.25, 0.3) is 0 Å². The molecular formula is C32H26ClNO4S2. The van der Waals surface area contributed by atoms with Gasteiger partial charge in [0.1, 0.15) is 5.71 Å². The van der Waals surface area contributed by atoms with E-state index >= 15 is 0 Å². The molecule has 0 aromatic heterocycles. The third-order valence-electron chi connectivity index (χ3n) is 5.83. The fourth-order valence-corrected chi connectivity index (χ4v) is 5.55. The van der Waals surface area contributed by atoms with Crippen molar-refractivity contribution < 1.29 is 19.2 Å². The molecule has 202 valence electrons. The molecule has 0 amide bonds.